The lowest BCUT2D eigenvalue weighted by Gasteiger charge is -2.26. The smallest absolute Gasteiger partial charge is 0.143 e. The van der Waals surface area contributed by atoms with Gasteiger partial charge in [0.2, 0.25) is 0 Å². The van der Waals surface area contributed by atoms with Crippen molar-refractivity contribution in [1.29, 1.82) is 0 Å². The highest BCUT2D eigenvalue weighted by molar-refractivity contribution is 9.10. The zero-order chi connectivity index (χ0) is 14.1. The summed E-state index contributed by atoms with van der Waals surface area (Å²) >= 11 is 3.51. The van der Waals surface area contributed by atoms with Gasteiger partial charge in [-0.15, -0.1) is 0 Å². The number of aryl methyl sites for hydroxylation is 2. The molecule has 1 heterocycles. The molecule has 1 aromatic carbocycles. The largest absolute Gasteiger partial charge is 0.495 e. The fraction of sp³-hybridized carbons (Fsp3) is 0.375. The summed E-state index contributed by atoms with van der Waals surface area (Å²) in [7, 11) is 1.70. The van der Waals surface area contributed by atoms with E-state index in [0.29, 0.717) is 6.04 Å². The van der Waals surface area contributed by atoms with Crippen LogP contribution in [-0.2, 0) is 6.42 Å². The number of ether oxygens (including phenoxy) is 1. The number of furan rings is 1. The zero-order valence-electron chi connectivity index (χ0n) is 11.7. The number of anilines is 1. The number of halogens is 1. The van der Waals surface area contributed by atoms with Gasteiger partial charge in [-0.25, -0.2) is 0 Å². The number of hydrogen-bond acceptors (Lipinski definition) is 3. The van der Waals surface area contributed by atoms with Gasteiger partial charge in [-0.2, -0.15) is 0 Å². The van der Waals surface area contributed by atoms with Crippen molar-refractivity contribution in [3.8, 4) is 5.75 Å². The highest BCUT2D eigenvalue weighted by Crippen LogP contribution is 2.38. The number of nitrogens with one attached hydrogen (secondary N) is 1. The molecule has 0 saturated carbocycles. The van der Waals surface area contributed by atoms with Gasteiger partial charge in [0.25, 0.3) is 0 Å². The minimum absolute atomic E-state index is 0.297. The standard InChI is InChI=1S/C16H18BrNO2/c1-10-8-11(17)9-15(19-2)16(10)18-13-4-3-5-14-12(13)6-7-20-14/h6-9,13,18H,3-5H2,1-2H3. The lowest BCUT2D eigenvalue weighted by atomic mass is 9.93. The molecule has 20 heavy (non-hydrogen) atoms. The van der Waals surface area contributed by atoms with Crippen LogP contribution in [0.15, 0.2) is 33.4 Å². The van der Waals surface area contributed by atoms with Gasteiger partial charge in [0, 0.05) is 16.5 Å². The summed E-state index contributed by atoms with van der Waals surface area (Å²) in [5, 5.41) is 3.63. The van der Waals surface area contributed by atoms with Crippen LogP contribution < -0.4 is 10.1 Å². The molecule has 2 aromatic rings. The molecule has 0 radical (unpaired) electrons. The molecule has 0 fully saturated rings. The van der Waals surface area contributed by atoms with Gasteiger partial charge in [0.15, 0.2) is 0 Å². The van der Waals surface area contributed by atoms with E-state index in [1.807, 2.05) is 6.07 Å². The van der Waals surface area contributed by atoms with Crippen LogP contribution in [0.25, 0.3) is 0 Å². The van der Waals surface area contributed by atoms with Gasteiger partial charge in [0.05, 0.1) is 25.1 Å². The van der Waals surface area contributed by atoms with Crippen LogP contribution in [0.4, 0.5) is 5.69 Å². The second kappa shape index (κ2) is 5.52. The van der Waals surface area contributed by atoms with Crippen LogP contribution in [0.3, 0.4) is 0 Å². The summed E-state index contributed by atoms with van der Waals surface area (Å²) in [6.45, 7) is 2.09. The van der Waals surface area contributed by atoms with Crippen molar-refractivity contribution in [3.05, 3.63) is 45.8 Å². The van der Waals surface area contributed by atoms with Crippen molar-refractivity contribution in [2.45, 2.75) is 32.2 Å². The summed E-state index contributed by atoms with van der Waals surface area (Å²) in [5.41, 5.74) is 3.52. The first-order chi connectivity index (χ1) is 9.69. The van der Waals surface area contributed by atoms with E-state index in [1.165, 1.54) is 11.1 Å². The van der Waals surface area contributed by atoms with Gasteiger partial charge in [0.1, 0.15) is 11.5 Å². The van der Waals surface area contributed by atoms with E-state index in [-0.39, 0.29) is 0 Å². The fourth-order valence-electron chi connectivity index (χ4n) is 2.87. The van der Waals surface area contributed by atoms with E-state index in [9.17, 15) is 0 Å². The SMILES string of the molecule is COc1cc(Br)cc(C)c1NC1CCCc2occc21. The second-order valence-corrected chi connectivity index (χ2v) is 6.10. The van der Waals surface area contributed by atoms with Gasteiger partial charge in [-0.05, 0) is 43.5 Å². The number of rotatable bonds is 3. The molecule has 1 unspecified atom stereocenters. The van der Waals surface area contributed by atoms with Crippen molar-refractivity contribution in [2.24, 2.45) is 0 Å². The third-order valence-electron chi connectivity index (χ3n) is 3.85. The van der Waals surface area contributed by atoms with Gasteiger partial charge in [-0.3, -0.25) is 0 Å². The van der Waals surface area contributed by atoms with Crippen molar-refractivity contribution in [2.75, 3.05) is 12.4 Å². The highest BCUT2D eigenvalue weighted by atomic mass is 79.9. The Labute approximate surface area is 127 Å². The van der Waals surface area contributed by atoms with Crippen molar-refractivity contribution >= 4 is 21.6 Å². The summed E-state index contributed by atoms with van der Waals surface area (Å²) in [5.74, 6) is 1.98. The molecule has 1 aliphatic rings. The quantitative estimate of drug-likeness (QED) is 0.870. The van der Waals surface area contributed by atoms with Crippen LogP contribution >= 0.6 is 15.9 Å². The predicted molar refractivity (Wildman–Crippen MR) is 83.4 cm³/mol. The molecule has 0 spiro atoms. The molecule has 4 heteroatoms. The van der Waals surface area contributed by atoms with Gasteiger partial charge in [-0.1, -0.05) is 15.9 Å². The summed E-state index contributed by atoms with van der Waals surface area (Å²) < 4.78 is 12.1. The van der Waals surface area contributed by atoms with Crippen LogP contribution in [-0.4, -0.2) is 7.11 Å². The minimum atomic E-state index is 0.297. The minimum Gasteiger partial charge on any atom is -0.495 e. The fourth-order valence-corrected chi connectivity index (χ4v) is 3.42. The van der Waals surface area contributed by atoms with Crippen molar-refractivity contribution in [3.63, 3.8) is 0 Å². The zero-order valence-corrected chi connectivity index (χ0v) is 13.3. The monoisotopic (exact) mass is 335 g/mol. The van der Waals surface area contributed by atoms with Crippen LogP contribution in [0.1, 0.15) is 35.8 Å². The molecule has 0 saturated heterocycles. The molecule has 1 aromatic heterocycles. The normalized spacial score (nSPS) is 17.6. The molecule has 3 rings (SSSR count). The Balaban J connectivity index is 1.93. The Morgan fingerprint density at radius 3 is 3.05 bits per heavy atom. The Morgan fingerprint density at radius 1 is 1.40 bits per heavy atom. The average Bonchev–Trinajstić information content (AvgIpc) is 2.90. The van der Waals surface area contributed by atoms with Crippen LogP contribution in [0.5, 0.6) is 5.75 Å². The van der Waals surface area contributed by atoms with E-state index in [1.54, 1.807) is 13.4 Å². The second-order valence-electron chi connectivity index (χ2n) is 5.19. The topological polar surface area (TPSA) is 34.4 Å². The first-order valence-electron chi connectivity index (χ1n) is 6.86. The van der Waals surface area contributed by atoms with Gasteiger partial charge < -0.3 is 14.5 Å². The molecule has 106 valence electrons. The number of methoxy groups -OCH3 is 1. The van der Waals surface area contributed by atoms with Crippen molar-refractivity contribution < 1.29 is 9.15 Å². The van der Waals surface area contributed by atoms with E-state index in [4.69, 9.17) is 9.15 Å². The Bertz CT molecular complexity index is 621. The molecule has 3 nitrogen and oxygen atoms in total. The van der Waals surface area contributed by atoms with Crippen LogP contribution in [0, 0.1) is 6.92 Å². The Hall–Kier alpha value is -1.42. The number of benzene rings is 1. The third kappa shape index (κ3) is 2.44. The molecule has 0 aliphatic heterocycles. The summed E-state index contributed by atoms with van der Waals surface area (Å²) in [6.07, 6.45) is 5.09. The van der Waals surface area contributed by atoms with Crippen molar-refractivity contribution in [1.82, 2.24) is 0 Å². The van der Waals surface area contributed by atoms with E-state index in [0.717, 1.165) is 40.9 Å². The summed E-state index contributed by atoms with van der Waals surface area (Å²) in [6, 6.07) is 6.47. The maximum absolute atomic E-state index is 5.55. The van der Waals surface area contributed by atoms with E-state index < -0.39 is 0 Å². The maximum atomic E-state index is 5.55. The third-order valence-corrected chi connectivity index (χ3v) is 4.31. The lowest BCUT2D eigenvalue weighted by Crippen LogP contribution is -2.17. The predicted octanol–water partition coefficient (Wildman–Crippen LogP) is 4.85. The van der Waals surface area contributed by atoms with E-state index >= 15 is 0 Å². The van der Waals surface area contributed by atoms with Gasteiger partial charge >= 0.3 is 0 Å². The summed E-state index contributed by atoms with van der Waals surface area (Å²) in [4.78, 5) is 0. The first kappa shape index (κ1) is 13.6. The highest BCUT2D eigenvalue weighted by Gasteiger charge is 2.24. The number of fused-ring (bicyclic) bond motifs is 1. The molecular formula is C16H18BrNO2. The molecule has 0 amide bonds. The molecule has 1 aliphatic carbocycles. The first-order valence-corrected chi connectivity index (χ1v) is 7.65. The maximum Gasteiger partial charge on any atom is 0.143 e. The Morgan fingerprint density at radius 2 is 2.25 bits per heavy atom. The molecular weight excluding hydrogens is 318 g/mol. The Kier molecular flexibility index (Phi) is 3.74. The van der Waals surface area contributed by atoms with Crippen LogP contribution in [0.2, 0.25) is 0 Å². The lowest BCUT2D eigenvalue weighted by molar-refractivity contribution is 0.414. The van der Waals surface area contributed by atoms with E-state index in [2.05, 4.69) is 40.3 Å². The average molecular weight is 336 g/mol. The molecule has 0 bridgehead atoms. The number of hydrogen-bond donors (Lipinski definition) is 1. The molecule has 1 N–H and O–H groups in total. The molecule has 1 atom stereocenters.